The fraction of sp³-hybridized carbons (Fsp3) is 0.312. The summed E-state index contributed by atoms with van der Waals surface area (Å²) in [5, 5.41) is 13.8. The standard InChI is InChI=1S/C16H16N2O3/c1-10-6-8-11(9-7-10)18-15(19)14(16(20)21)12-4-2-3-5-13(12)17-18/h6-9H,2-5H2,1H3,(H,20,21). The third-order valence-corrected chi connectivity index (χ3v) is 3.86. The molecule has 1 aliphatic rings. The van der Waals surface area contributed by atoms with Gasteiger partial charge in [-0.1, -0.05) is 17.7 Å². The third kappa shape index (κ3) is 2.35. The van der Waals surface area contributed by atoms with Crippen LogP contribution in [-0.4, -0.2) is 20.9 Å². The van der Waals surface area contributed by atoms with E-state index in [0.717, 1.165) is 30.5 Å². The Bertz CT molecular complexity index is 760. The number of hydrogen-bond donors (Lipinski definition) is 1. The first-order valence-electron chi connectivity index (χ1n) is 7.03. The lowest BCUT2D eigenvalue weighted by atomic mass is 9.93. The fourth-order valence-corrected chi connectivity index (χ4v) is 2.75. The Balaban J connectivity index is 2.27. The van der Waals surface area contributed by atoms with Crippen LogP contribution in [0.2, 0.25) is 0 Å². The lowest BCUT2D eigenvalue weighted by Gasteiger charge is -2.18. The van der Waals surface area contributed by atoms with Gasteiger partial charge >= 0.3 is 5.97 Å². The van der Waals surface area contributed by atoms with Crippen LogP contribution in [0.15, 0.2) is 29.1 Å². The van der Waals surface area contributed by atoms with Crippen molar-refractivity contribution < 1.29 is 9.90 Å². The summed E-state index contributed by atoms with van der Waals surface area (Å²) >= 11 is 0. The van der Waals surface area contributed by atoms with Crippen LogP contribution in [0.25, 0.3) is 5.69 Å². The molecule has 0 bridgehead atoms. The molecule has 0 saturated carbocycles. The van der Waals surface area contributed by atoms with Crippen molar-refractivity contribution >= 4 is 5.97 Å². The second-order valence-electron chi connectivity index (χ2n) is 5.37. The van der Waals surface area contributed by atoms with Crippen molar-refractivity contribution in [3.63, 3.8) is 0 Å². The van der Waals surface area contributed by atoms with E-state index >= 15 is 0 Å². The first-order valence-corrected chi connectivity index (χ1v) is 7.03. The molecule has 21 heavy (non-hydrogen) atoms. The summed E-state index contributed by atoms with van der Waals surface area (Å²) in [5.74, 6) is -1.17. The van der Waals surface area contributed by atoms with Crippen LogP contribution in [0.4, 0.5) is 0 Å². The van der Waals surface area contributed by atoms with Gasteiger partial charge in [0, 0.05) is 0 Å². The van der Waals surface area contributed by atoms with Gasteiger partial charge in [0.1, 0.15) is 5.56 Å². The lowest BCUT2D eigenvalue weighted by Crippen LogP contribution is -2.32. The molecular formula is C16H16N2O3. The maximum absolute atomic E-state index is 12.5. The minimum atomic E-state index is -1.17. The molecule has 1 aromatic heterocycles. The van der Waals surface area contributed by atoms with Crippen molar-refractivity contribution in [3.05, 3.63) is 57.0 Å². The number of aryl methyl sites for hydroxylation is 2. The van der Waals surface area contributed by atoms with Gasteiger partial charge in [-0.3, -0.25) is 4.79 Å². The Hall–Kier alpha value is -2.43. The van der Waals surface area contributed by atoms with Crippen LogP contribution in [0.5, 0.6) is 0 Å². The van der Waals surface area contributed by atoms with E-state index < -0.39 is 11.5 Å². The van der Waals surface area contributed by atoms with Gasteiger partial charge in [-0.15, -0.1) is 0 Å². The van der Waals surface area contributed by atoms with Gasteiger partial charge in [0.25, 0.3) is 5.56 Å². The van der Waals surface area contributed by atoms with E-state index in [1.165, 1.54) is 4.68 Å². The number of nitrogens with zero attached hydrogens (tertiary/aromatic N) is 2. The molecule has 5 heteroatoms. The number of carboxylic acids is 1. The number of hydrogen-bond acceptors (Lipinski definition) is 3. The van der Waals surface area contributed by atoms with Gasteiger partial charge in [-0.05, 0) is 50.3 Å². The van der Waals surface area contributed by atoms with Crippen molar-refractivity contribution in [2.24, 2.45) is 0 Å². The highest BCUT2D eigenvalue weighted by Crippen LogP contribution is 2.21. The summed E-state index contributed by atoms with van der Waals surface area (Å²) in [6, 6.07) is 7.32. The van der Waals surface area contributed by atoms with Crippen molar-refractivity contribution in [3.8, 4) is 5.69 Å². The van der Waals surface area contributed by atoms with E-state index in [-0.39, 0.29) is 5.56 Å². The number of fused-ring (bicyclic) bond motifs is 1. The molecule has 1 heterocycles. The van der Waals surface area contributed by atoms with Crippen molar-refractivity contribution in [1.29, 1.82) is 0 Å². The fourth-order valence-electron chi connectivity index (χ4n) is 2.75. The van der Waals surface area contributed by atoms with Crippen molar-refractivity contribution in [2.45, 2.75) is 32.6 Å². The average molecular weight is 284 g/mol. The Morgan fingerprint density at radius 1 is 1.19 bits per heavy atom. The maximum atomic E-state index is 12.5. The molecule has 0 radical (unpaired) electrons. The van der Waals surface area contributed by atoms with Gasteiger partial charge < -0.3 is 5.11 Å². The second-order valence-corrected chi connectivity index (χ2v) is 5.37. The van der Waals surface area contributed by atoms with Gasteiger partial charge in [-0.2, -0.15) is 9.78 Å². The van der Waals surface area contributed by atoms with Crippen LogP contribution in [0.1, 0.15) is 40.0 Å². The van der Waals surface area contributed by atoms with Gasteiger partial charge in [0.15, 0.2) is 0 Å². The van der Waals surface area contributed by atoms with Gasteiger partial charge in [0.05, 0.1) is 11.4 Å². The third-order valence-electron chi connectivity index (χ3n) is 3.86. The molecule has 2 aromatic rings. The molecule has 0 unspecified atom stereocenters. The average Bonchev–Trinajstić information content (AvgIpc) is 2.47. The first kappa shape index (κ1) is 13.5. The predicted octanol–water partition coefficient (Wildman–Crippen LogP) is 2.12. The summed E-state index contributed by atoms with van der Waals surface area (Å²) in [6.45, 7) is 1.95. The SMILES string of the molecule is Cc1ccc(-n2nc3c(c(C(=O)O)c2=O)CCCC3)cc1. The van der Waals surface area contributed by atoms with E-state index in [2.05, 4.69) is 5.10 Å². The van der Waals surface area contributed by atoms with Crippen LogP contribution < -0.4 is 5.56 Å². The Kier molecular flexibility index (Phi) is 3.33. The summed E-state index contributed by atoms with van der Waals surface area (Å²) in [7, 11) is 0. The van der Waals surface area contributed by atoms with E-state index in [9.17, 15) is 14.7 Å². The zero-order valence-electron chi connectivity index (χ0n) is 11.8. The Labute approximate surface area is 121 Å². The number of carboxylic acid groups (broad SMARTS) is 1. The molecule has 1 aliphatic carbocycles. The molecule has 0 atom stereocenters. The maximum Gasteiger partial charge on any atom is 0.341 e. The highest BCUT2D eigenvalue weighted by Gasteiger charge is 2.24. The molecule has 1 N–H and O–H groups in total. The first-order chi connectivity index (χ1) is 10.1. The topological polar surface area (TPSA) is 72.2 Å². The van der Waals surface area contributed by atoms with E-state index in [0.29, 0.717) is 17.7 Å². The number of rotatable bonds is 2. The number of benzene rings is 1. The number of aromatic carboxylic acids is 1. The number of carbonyl (C=O) groups is 1. The summed E-state index contributed by atoms with van der Waals surface area (Å²) in [6.07, 6.45) is 3.23. The van der Waals surface area contributed by atoms with E-state index in [1.807, 2.05) is 19.1 Å². The van der Waals surface area contributed by atoms with Crippen molar-refractivity contribution in [1.82, 2.24) is 9.78 Å². The lowest BCUT2D eigenvalue weighted by molar-refractivity contribution is 0.0692. The van der Waals surface area contributed by atoms with Crippen LogP contribution in [0, 0.1) is 6.92 Å². The van der Waals surface area contributed by atoms with E-state index in [4.69, 9.17) is 0 Å². The molecular weight excluding hydrogens is 268 g/mol. The minimum absolute atomic E-state index is 0.125. The summed E-state index contributed by atoms with van der Waals surface area (Å²) in [5.41, 5.74) is 2.35. The monoisotopic (exact) mass is 284 g/mol. The molecule has 5 nitrogen and oxygen atoms in total. The normalized spacial score (nSPS) is 13.8. The van der Waals surface area contributed by atoms with Crippen LogP contribution in [-0.2, 0) is 12.8 Å². The van der Waals surface area contributed by atoms with Crippen molar-refractivity contribution in [2.75, 3.05) is 0 Å². The van der Waals surface area contributed by atoms with Crippen LogP contribution >= 0.6 is 0 Å². The Morgan fingerprint density at radius 2 is 1.86 bits per heavy atom. The largest absolute Gasteiger partial charge is 0.477 e. The molecule has 1 aromatic carbocycles. The highest BCUT2D eigenvalue weighted by molar-refractivity contribution is 5.89. The van der Waals surface area contributed by atoms with Crippen LogP contribution in [0.3, 0.4) is 0 Å². The Morgan fingerprint density at radius 3 is 2.52 bits per heavy atom. The molecule has 0 aliphatic heterocycles. The molecule has 0 spiro atoms. The molecule has 108 valence electrons. The zero-order chi connectivity index (χ0) is 15.0. The van der Waals surface area contributed by atoms with Gasteiger partial charge in [0.2, 0.25) is 0 Å². The molecule has 3 rings (SSSR count). The summed E-state index contributed by atoms with van der Waals surface area (Å²) in [4.78, 5) is 24.0. The molecule has 0 saturated heterocycles. The summed E-state index contributed by atoms with van der Waals surface area (Å²) < 4.78 is 1.22. The second kappa shape index (κ2) is 5.16. The minimum Gasteiger partial charge on any atom is -0.477 e. The number of aromatic nitrogens is 2. The molecule has 0 amide bonds. The zero-order valence-corrected chi connectivity index (χ0v) is 11.8. The highest BCUT2D eigenvalue weighted by atomic mass is 16.4. The van der Waals surface area contributed by atoms with E-state index in [1.54, 1.807) is 12.1 Å². The smallest absolute Gasteiger partial charge is 0.341 e. The predicted molar refractivity (Wildman–Crippen MR) is 78.2 cm³/mol. The quantitative estimate of drug-likeness (QED) is 0.916. The molecule has 0 fully saturated rings. The van der Waals surface area contributed by atoms with Gasteiger partial charge in [-0.25, -0.2) is 4.79 Å².